The van der Waals surface area contributed by atoms with Gasteiger partial charge in [-0.2, -0.15) is 0 Å². The Kier molecular flexibility index (Phi) is 3.66. The molecule has 0 unspecified atom stereocenters. The molecule has 0 atom stereocenters. The van der Waals surface area contributed by atoms with E-state index in [1.54, 1.807) is 12.4 Å². The van der Waals surface area contributed by atoms with Crippen LogP contribution in [0.15, 0.2) is 73.4 Å². The van der Waals surface area contributed by atoms with Gasteiger partial charge in [-0.15, -0.1) is 0 Å². The fourth-order valence-corrected chi connectivity index (χ4v) is 4.08. The number of hydrogen-bond donors (Lipinski definition) is 0. The first-order chi connectivity index (χ1) is 14.4. The van der Waals surface area contributed by atoms with E-state index in [1.165, 1.54) is 19.3 Å². The number of nitrogens with zero attached hydrogens (tertiary/aromatic N) is 5. The molecule has 1 aliphatic rings. The molecule has 0 spiro atoms. The minimum absolute atomic E-state index is 0.551. The third kappa shape index (κ3) is 2.70. The van der Waals surface area contributed by atoms with Gasteiger partial charge in [-0.05, 0) is 37.1 Å². The van der Waals surface area contributed by atoms with Crippen LogP contribution in [0.3, 0.4) is 0 Å². The van der Waals surface area contributed by atoms with E-state index in [4.69, 9.17) is 9.97 Å². The lowest BCUT2D eigenvalue weighted by Crippen LogP contribution is -2.12. The summed E-state index contributed by atoms with van der Waals surface area (Å²) in [6.45, 7) is 0. The van der Waals surface area contributed by atoms with Crippen molar-refractivity contribution in [3.8, 4) is 22.5 Å². The van der Waals surface area contributed by atoms with Gasteiger partial charge in [0.2, 0.25) is 0 Å². The van der Waals surface area contributed by atoms with Gasteiger partial charge in [0, 0.05) is 47.2 Å². The summed E-state index contributed by atoms with van der Waals surface area (Å²) < 4.78 is 2.21. The van der Waals surface area contributed by atoms with Crippen molar-refractivity contribution in [1.82, 2.24) is 24.3 Å². The molecular weight excluding hydrogens is 358 g/mol. The maximum absolute atomic E-state index is 5.06. The number of pyridine rings is 2. The average molecular weight is 377 g/mol. The molecule has 0 N–H and O–H groups in total. The van der Waals surface area contributed by atoms with Crippen molar-refractivity contribution in [2.75, 3.05) is 0 Å². The summed E-state index contributed by atoms with van der Waals surface area (Å²) in [4.78, 5) is 18.4. The summed E-state index contributed by atoms with van der Waals surface area (Å²) in [7, 11) is 0. The van der Waals surface area contributed by atoms with E-state index in [0.717, 1.165) is 44.8 Å². The number of imidazole rings is 1. The smallest absolute Gasteiger partial charge is 0.117 e. The summed E-state index contributed by atoms with van der Waals surface area (Å²) in [5, 5.41) is 1.12. The number of rotatable bonds is 3. The van der Waals surface area contributed by atoms with Crippen LogP contribution >= 0.6 is 0 Å². The van der Waals surface area contributed by atoms with E-state index < -0.39 is 0 Å². The summed E-state index contributed by atoms with van der Waals surface area (Å²) in [5.74, 6) is 1.71. The van der Waals surface area contributed by atoms with Crippen LogP contribution in [0.5, 0.6) is 0 Å². The van der Waals surface area contributed by atoms with Crippen molar-refractivity contribution in [2.24, 2.45) is 0 Å². The molecule has 0 bridgehead atoms. The Labute approximate surface area is 168 Å². The van der Waals surface area contributed by atoms with Crippen LogP contribution < -0.4 is 0 Å². The molecule has 0 aliphatic heterocycles. The van der Waals surface area contributed by atoms with Crippen LogP contribution in [0.25, 0.3) is 38.9 Å². The van der Waals surface area contributed by atoms with Gasteiger partial charge < -0.3 is 0 Å². The molecule has 0 radical (unpaired) electrons. The van der Waals surface area contributed by atoms with Crippen molar-refractivity contribution < 1.29 is 0 Å². The van der Waals surface area contributed by atoms with Gasteiger partial charge >= 0.3 is 0 Å². The van der Waals surface area contributed by atoms with Crippen LogP contribution in [0.2, 0.25) is 0 Å². The highest BCUT2D eigenvalue weighted by atomic mass is 15.0. The van der Waals surface area contributed by atoms with E-state index in [2.05, 4.69) is 44.7 Å². The minimum Gasteiger partial charge on any atom is -0.300 e. The summed E-state index contributed by atoms with van der Waals surface area (Å²) in [6.07, 6.45) is 13.1. The predicted molar refractivity (Wildman–Crippen MR) is 114 cm³/mol. The second kappa shape index (κ2) is 6.48. The third-order valence-corrected chi connectivity index (χ3v) is 5.89. The second-order valence-electron chi connectivity index (χ2n) is 7.62. The fourth-order valence-electron chi connectivity index (χ4n) is 4.08. The first kappa shape index (κ1) is 16.4. The van der Waals surface area contributed by atoms with E-state index in [1.807, 2.05) is 30.7 Å². The Morgan fingerprint density at radius 3 is 2.52 bits per heavy atom. The number of hydrogen-bond acceptors (Lipinski definition) is 4. The van der Waals surface area contributed by atoms with E-state index in [9.17, 15) is 0 Å². The van der Waals surface area contributed by atoms with Crippen molar-refractivity contribution in [3.05, 3.63) is 79.3 Å². The Hall–Kier alpha value is -3.60. The van der Waals surface area contributed by atoms with Gasteiger partial charge in [-0.1, -0.05) is 24.6 Å². The van der Waals surface area contributed by atoms with Crippen LogP contribution in [-0.2, 0) is 0 Å². The molecule has 5 nitrogen and oxygen atoms in total. The highest BCUT2D eigenvalue weighted by Crippen LogP contribution is 2.38. The maximum atomic E-state index is 5.06. The SMILES string of the molecule is c1cc(-c2ccc3ccc(-c4nc(C5CCC5)n5ccncc45)cc3n2)ccn1. The van der Waals surface area contributed by atoms with Crippen LogP contribution in [0, 0.1) is 0 Å². The standard InChI is InChI=1S/C24H19N5/c1-2-18(3-1)24-28-23(22-15-26-12-13-29(22)24)19-5-4-16-6-7-20(27-21(16)14-19)17-8-10-25-11-9-17/h4-15,18H,1-3H2. The Bertz CT molecular complexity index is 1340. The zero-order valence-electron chi connectivity index (χ0n) is 15.9. The Morgan fingerprint density at radius 1 is 0.828 bits per heavy atom. The van der Waals surface area contributed by atoms with Crippen LogP contribution in [0.1, 0.15) is 31.0 Å². The van der Waals surface area contributed by atoms with Gasteiger partial charge in [0.1, 0.15) is 5.82 Å². The largest absolute Gasteiger partial charge is 0.300 e. The topological polar surface area (TPSA) is 56.0 Å². The molecule has 140 valence electrons. The van der Waals surface area contributed by atoms with E-state index >= 15 is 0 Å². The molecule has 4 aromatic heterocycles. The molecule has 0 saturated heterocycles. The third-order valence-electron chi connectivity index (χ3n) is 5.89. The molecule has 4 heterocycles. The first-order valence-corrected chi connectivity index (χ1v) is 10.0. The zero-order chi connectivity index (χ0) is 19.2. The quantitative estimate of drug-likeness (QED) is 0.429. The highest BCUT2D eigenvalue weighted by molar-refractivity contribution is 5.88. The summed E-state index contributed by atoms with van der Waals surface area (Å²) in [6, 6.07) is 14.5. The molecule has 1 aromatic carbocycles. The number of fused-ring (bicyclic) bond motifs is 2. The Morgan fingerprint density at radius 2 is 1.69 bits per heavy atom. The van der Waals surface area contributed by atoms with E-state index in [0.29, 0.717) is 5.92 Å². The molecule has 1 saturated carbocycles. The summed E-state index contributed by atoms with van der Waals surface area (Å²) >= 11 is 0. The lowest BCUT2D eigenvalue weighted by Gasteiger charge is -2.23. The van der Waals surface area contributed by atoms with Crippen molar-refractivity contribution in [1.29, 1.82) is 0 Å². The zero-order valence-corrected chi connectivity index (χ0v) is 15.9. The molecule has 29 heavy (non-hydrogen) atoms. The fraction of sp³-hybridized carbons (Fsp3) is 0.167. The molecular formula is C24H19N5. The maximum Gasteiger partial charge on any atom is 0.117 e. The van der Waals surface area contributed by atoms with Gasteiger partial charge in [0.25, 0.3) is 0 Å². The monoisotopic (exact) mass is 377 g/mol. The molecule has 5 aromatic rings. The Balaban J connectivity index is 1.51. The first-order valence-electron chi connectivity index (χ1n) is 10.0. The van der Waals surface area contributed by atoms with Crippen LogP contribution in [-0.4, -0.2) is 24.3 Å². The van der Waals surface area contributed by atoms with Gasteiger partial charge in [0.15, 0.2) is 0 Å². The normalized spacial score (nSPS) is 14.3. The molecule has 1 fully saturated rings. The lowest BCUT2D eigenvalue weighted by atomic mass is 9.85. The van der Waals surface area contributed by atoms with Crippen molar-refractivity contribution in [3.63, 3.8) is 0 Å². The van der Waals surface area contributed by atoms with Gasteiger partial charge in [-0.25, -0.2) is 9.97 Å². The molecule has 1 aliphatic carbocycles. The lowest BCUT2D eigenvalue weighted by molar-refractivity contribution is 0.400. The summed E-state index contributed by atoms with van der Waals surface area (Å²) in [5.41, 5.74) is 6.09. The highest BCUT2D eigenvalue weighted by Gasteiger charge is 2.25. The van der Waals surface area contributed by atoms with Crippen molar-refractivity contribution >= 4 is 16.4 Å². The van der Waals surface area contributed by atoms with Crippen LogP contribution in [0.4, 0.5) is 0 Å². The number of benzene rings is 1. The average Bonchev–Trinajstić information content (AvgIpc) is 3.12. The van der Waals surface area contributed by atoms with Gasteiger partial charge in [-0.3, -0.25) is 14.4 Å². The van der Waals surface area contributed by atoms with Gasteiger partial charge in [0.05, 0.1) is 28.6 Å². The minimum atomic E-state index is 0.551. The molecule has 6 rings (SSSR count). The number of aromatic nitrogens is 5. The molecule has 0 amide bonds. The van der Waals surface area contributed by atoms with Crippen molar-refractivity contribution in [2.45, 2.75) is 25.2 Å². The second-order valence-corrected chi connectivity index (χ2v) is 7.62. The predicted octanol–water partition coefficient (Wildman–Crippen LogP) is 5.27. The van der Waals surface area contributed by atoms with E-state index in [-0.39, 0.29) is 0 Å². The molecule has 5 heteroatoms.